The summed E-state index contributed by atoms with van der Waals surface area (Å²) in [4.78, 5) is 25.4. The molecule has 1 aliphatic rings. The lowest BCUT2D eigenvalue weighted by molar-refractivity contribution is -0.123. The van der Waals surface area contributed by atoms with E-state index in [0.717, 1.165) is 23.6 Å². The number of nitrogens with one attached hydrogen (secondary N) is 2. The van der Waals surface area contributed by atoms with Crippen molar-refractivity contribution in [2.45, 2.75) is 18.9 Å². The fourth-order valence-corrected chi connectivity index (χ4v) is 3.54. The molecule has 4 rings (SSSR count). The van der Waals surface area contributed by atoms with Crippen LogP contribution in [-0.2, 0) is 4.79 Å². The second kappa shape index (κ2) is 9.36. The average molecular weight is 455 g/mol. The minimum atomic E-state index is -0.420. The van der Waals surface area contributed by atoms with Gasteiger partial charge in [-0.25, -0.2) is 0 Å². The fraction of sp³-hybridized carbons (Fsp3) is 0.250. The third-order valence-corrected chi connectivity index (χ3v) is 5.41. The van der Waals surface area contributed by atoms with Crippen molar-refractivity contribution in [3.63, 3.8) is 0 Å². The molecular weight excluding hydrogens is 432 g/mol. The number of methoxy groups -OCH3 is 2. The zero-order valence-corrected chi connectivity index (χ0v) is 18.5. The molecule has 166 valence electrons. The third kappa shape index (κ3) is 4.89. The summed E-state index contributed by atoms with van der Waals surface area (Å²) in [7, 11) is 2.97. The van der Waals surface area contributed by atoms with Crippen LogP contribution in [0.3, 0.4) is 0 Å². The SMILES string of the molecule is COc1cc(NC(=O)c2cc3ccccc3cc2OCC(=O)NC2CC2)c(OC)cc1Cl. The Bertz CT molecular complexity index is 1180. The van der Waals surface area contributed by atoms with Crippen LogP contribution in [0.4, 0.5) is 5.69 Å². The Labute approximate surface area is 190 Å². The monoisotopic (exact) mass is 454 g/mol. The van der Waals surface area contributed by atoms with Gasteiger partial charge in [-0.3, -0.25) is 9.59 Å². The molecule has 0 aliphatic heterocycles. The van der Waals surface area contributed by atoms with Gasteiger partial charge in [0.1, 0.15) is 17.2 Å². The number of anilines is 1. The first kappa shape index (κ1) is 21.8. The number of benzene rings is 3. The van der Waals surface area contributed by atoms with Crippen LogP contribution in [0.25, 0.3) is 10.8 Å². The number of ether oxygens (including phenoxy) is 3. The number of amides is 2. The van der Waals surface area contributed by atoms with E-state index in [4.69, 9.17) is 25.8 Å². The molecule has 0 bridgehead atoms. The minimum Gasteiger partial charge on any atom is -0.495 e. The highest BCUT2D eigenvalue weighted by Gasteiger charge is 2.24. The first-order valence-electron chi connectivity index (χ1n) is 10.2. The lowest BCUT2D eigenvalue weighted by Gasteiger charge is -2.16. The lowest BCUT2D eigenvalue weighted by Crippen LogP contribution is -2.30. The first-order valence-corrected chi connectivity index (χ1v) is 10.5. The lowest BCUT2D eigenvalue weighted by atomic mass is 10.0. The zero-order valence-electron chi connectivity index (χ0n) is 17.7. The quantitative estimate of drug-likeness (QED) is 0.526. The van der Waals surface area contributed by atoms with Crippen LogP contribution in [-0.4, -0.2) is 38.7 Å². The van der Waals surface area contributed by atoms with Gasteiger partial charge in [0, 0.05) is 18.2 Å². The summed E-state index contributed by atoms with van der Waals surface area (Å²) in [5.41, 5.74) is 0.684. The normalized spacial score (nSPS) is 12.8. The summed E-state index contributed by atoms with van der Waals surface area (Å²) in [5, 5.41) is 7.83. The first-order chi connectivity index (χ1) is 15.5. The molecule has 0 heterocycles. The van der Waals surface area contributed by atoms with E-state index < -0.39 is 5.91 Å². The highest BCUT2D eigenvalue weighted by atomic mass is 35.5. The molecule has 0 saturated heterocycles. The highest BCUT2D eigenvalue weighted by Crippen LogP contribution is 2.36. The van der Waals surface area contributed by atoms with E-state index in [9.17, 15) is 9.59 Å². The fourth-order valence-electron chi connectivity index (χ4n) is 3.30. The van der Waals surface area contributed by atoms with Crippen molar-refractivity contribution in [2.75, 3.05) is 26.1 Å². The molecule has 1 aliphatic carbocycles. The maximum atomic E-state index is 13.2. The molecule has 1 saturated carbocycles. The predicted octanol–water partition coefficient (Wildman–Crippen LogP) is 4.42. The number of rotatable bonds is 8. The Hall–Kier alpha value is -3.45. The minimum absolute atomic E-state index is 0.173. The van der Waals surface area contributed by atoms with E-state index >= 15 is 0 Å². The van der Waals surface area contributed by atoms with Gasteiger partial charge in [-0.2, -0.15) is 0 Å². The van der Waals surface area contributed by atoms with Crippen molar-refractivity contribution in [2.24, 2.45) is 0 Å². The van der Waals surface area contributed by atoms with Crippen LogP contribution in [0, 0.1) is 0 Å². The van der Waals surface area contributed by atoms with Crippen LogP contribution >= 0.6 is 11.6 Å². The van der Waals surface area contributed by atoms with Crippen molar-refractivity contribution < 1.29 is 23.8 Å². The van der Waals surface area contributed by atoms with Gasteiger partial charge in [-0.15, -0.1) is 0 Å². The summed E-state index contributed by atoms with van der Waals surface area (Å²) in [6.07, 6.45) is 1.98. The smallest absolute Gasteiger partial charge is 0.259 e. The van der Waals surface area contributed by atoms with Gasteiger partial charge in [0.2, 0.25) is 0 Å². The molecule has 0 unspecified atom stereocenters. The van der Waals surface area contributed by atoms with Crippen LogP contribution < -0.4 is 24.8 Å². The second-order valence-electron chi connectivity index (χ2n) is 7.47. The number of carbonyl (C=O) groups excluding carboxylic acids is 2. The van der Waals surface area contributed by atoms with Gasteiger partial charge in [0.05, 0.1) is 30.5 Å². The van der Waals surface area contributed by atoms with Crippen molar-refractivity contribution in [3.8, 4) is 17.2 Å². The molecule has 8 heteroatoms. The Morgan fingerprint density at radius 1 is 0.969 bits per heavy atom. The number of hydrogen-bond acceptors (Lipinski definition) is 5. The predicted molar refractivity (Wildman–Crippen MR) is 123 cm³/mol. The van der Waals surface area contributed by atoms with Gasteiger partial charge < -0.3 is 24.8 Å². The van der Waals surface area contributed by atoms with Gasteiger partial charge in [0.15, 0.2) is 6.61 Å². The molecule has 0 aromatic heterocycles. The molecule has 0 atom stereocenters. The third-order valence-electron chi connectivity index (χ3n) is 5.12. The molecule has 2 N–H and O–H groups in total. The largest absolute Gasteiger partial charge is 0.495 e. The van der Waals surface area contributed by atoms with Crippen LogP contribution in [0.15, 0.2) is 48.5 Å². The van der Waals surface area contributed by atoms with Gasteiger partial charge in [-0.05, 0) is 35.7 Å². The average Bonchev–Trinajstić information content (AvgIpc) is 3.61. The molecule has 1 fully saturated rings. The van der Waals surface area contributed by atoms with E-state index in [2.05, 4.69) is 10.6 Å². The highest BCUT2D eigenvalue weighted by molar-refractivity contribution is 6.32. The van der Waals surface area contributed by atoms with E-state index in [1.807, 2.05) is 24.3 Å². The Morgan fingerprint density at radius 3 is 2.31 bits per heavy atom. The van der Waals surface area contributed by atoms with Crippen LogP contribution in [0.5, 0.6) is 17.2 Å². The van der Waals surface area contributed by atoms with Gasteiger partial charge in [-0.1, -0.05) is 35.9 Å². The number of fused-ring (bicyclic) bond motifs is 1. The summed E-state index contributed by atoms with van der Waals surface area (Å²) in [6, 6.07) is 14.5. The summed E-state index contributed by atoms with van der Waals surface area (Å²) >= 11 is 6.16. The van der Waals surface area contributed by atoms with Gasteiger partial charge in [0.25, 0.3) is 11.8 Å². The van der Waals surface area contributed by atoms with Crippen molar-refractivity contribution in [3.05, 3.63) is 59.1 Å². The summed E-state index contributed by atoms with van der Waals surface area (Å²) in [6.45, 7) is -0.173. The van der Waals surface area contributed by atoms with Crippen molar-refractivity contribution in [1.29, 1.82) is 0 Å². The molecule has 0 spiro atoms. The molecule has 3 aromatic carbocycles. The van der Waals surface area contributed by atoms with E-state index in [-0.39, 0.29) is 18.6 Å². The van der Waals surface area contributed by atoms with Crippen LogP contribution in [0.1, 0.15) is 23.2 Å². The van der Waals surface area contributed by atoms with Crippen molar-refractivity contribution in [1.82, 2.24) is 5.32 Å². The van der Waals surface area contributed by atoms with Crippen LogP contribution in [0.2, 0.25) is 5.02 Å². The topological polar surface area (TPSA) is 85.9 Å². The molecule has 2 amide bonds. The number of halogens is 1. The molecular formula is C24H23ClN2O5. The summed E-state index contributed by atoms with van der Waals surface area (Å²) < 4.78 is 16.4. The Balaban J connectivity index is 1.64. The number of carbonyl (C=O) groups is 2. The van der Waals surface area contributed by atoms with Gasteiger partial charge >= 0.3 is 0 Å². The van der Waals surface area contributed by atoms with E-state index in [0.29, 0.717) is 33.5 Å². The van der Waals surface area contributed by atoms with Crippen molar-refractivity contribution >= 4 is 39.9 Å². The maximum Gasteiger partial charge on any atom is 0.259 e. The Morgan fingerprint density at radius 2 is 1.66 bits per heavy atom. The second-order valence-corrected chi connectivity index (χ2v) is 7.87. The molecule has 7 nitrogen and oxygen atoms in total. The summed E-state index contributed by atoms with van der Waals surface area (Å²) in [5.74, 6) is 0.463. The molecule has 32 heavy (non-hydrogen) atoms. The zero-order chi connectivity index (χ0) is 22.7. The Kier molecular flexibility index (Phi) is 6.37. The molecule has 3 aromatic rings. The molecule has 0 radical (unpaired) electrons. The number of hydrogen-bond donors (Lipinski definition) is 2. The standard InChI is InChI=1S/C24H23ClN2O5/c1-30-21-12-19(22(31-2)11-18(21)25)27-24(29)17-9-14-5-3-4-6-15(14)10-20(17)32-13-23(28)26-16-7-8-16/h3-6,9-12,16H,7-8,13H2,1-2H3,(H,26,28)(H,27,29). The maximum absolute atomic E-state index is 13.2. The van der Waals surface area contributed by atoms with E-state index in [1.54, 1.807) is 24.3 Å². The van der Waals surface area contributed by atoms with E-state index in [1.165, 1.54) is 14.2 Å².